The van der Waals surface area contributed by atoms with Crippen molar-refractivity contribution in [3.63, 3.8) is 0 Å². The monoisotopic (exact) mass is 484 g/mol. The standard InChI is InChI=1S/C37H24O/c1-37(2)33-14-8-7-13-25(33)30-18-32-31-17-28-24-12-6-5-11-23(24)26-15-21-9-3-4-10-22(21)16-27(26)29(28)19-35(31)38-36(32)20-34(30)37/h3-20H,1-2H3. The molecule has 0 aliphatic heterocycles. The Balaban J connectivity index is 1.44. The van der Waals surface area contributed by atoms with Crippen LogP contribution >= 0.6 is 0 Å². The molecule has 0 saturated carbocycles. The van der Waals surface area contributed by atoms with Gasteiger partial charge >= 0.3 is 0 Å². The minimum atomic E-state index is -0.0444. The van der Waals surface area contributed by atoms with Crippen LogP contribution < -0.4 is 0 Å². The molecule has 0 spiro atoms. The van der Waals surface area contributed by atoms with Gasteiger partial charge in [-0.3, -0.25) is 0 Å². The van der Waals surface area contributed by atoms with E-state index < -0.39 is 0 Å². The molecule has 0 bridgehead atoms. The predicted octanol–water partition coefficient (Wildman–Crippen LogP) is 10.5. The van der Waals surface area contributed by atoms with Crippen molar-refractivity contribution >= 4 is 65.0 Å². The molecule has 1 aliphatic carbocycles. The maximum absolute atomic E-state index is 6.63. The van der Waals surface area contributed by atoms with Crippen LogP contribution in [0.15, 0.2) is 114 Å². The summed E-state index contributed by atoms with van der Waals surface area (Å²) in [6.07, 6.45) is 0. The van der Waals surface area contributed by atoms with E-state index in [1.807, 2.05) is 0 Å². The second-order valence-corrected chi connectivity index (χ2v) is 11.4. The van der Waals surface area contributed by atoms with E-state index in [4.69, 9.17) is 4.42 Å². The zero-order valence-electron chi connectivity index (χ0n) is 21.3. The lowest BCUT2D eigenvalue weighted by Crippen LogP contribution is -2.14. The van der Waals surface area contributed by atoms with Crippen molar-refractivity contribution in [3.8, 4) is 11.1 Å². The van der Waals surface area contributed by atoms with Gasteiger partial charge in [-0.1, -0.05) is 86.6 Å². The van der Waals surface area contributed by atoms with Gasteiger partial charge in [0.1, 0.15) is 11.2 Å². The Morgan fingerprint density at radius 1 is 0.421 bits per heavy atom. The first-order valence-corrected chi connectivity index (χ1v) is 13.4. The van der Waals surface area contributed by atoms with E-state index in [-0.39, 0.29) is 5.41 Å². The Kier molecular flexibility index (Phi) is 3.67. The van der Waals surface area contributed by atoms with Gasteiger partial charge in [0.15, 0.2) is 0 Å². The summed E-state index contributed by atoms with van der Waals surface area (Å²) < 4.78 is 6.63. The first kappa shape index (κ1) is 20.4. The molecule has 0 amide bonds. The van der Waals surface area contributed by atoms with E-state index in [0.29, 0.717) is 0 Å². The molecule has 178 valence electrons. The first-order chi connectivity index (χ1) is 18.6. The van der Waals surface area contributed by atoms with Crippen molar-refractivity contribution in [1.82, 2.24) is 0 Å². The van der Waals surface area contributed by atoms with Crippen LogP contribution in [-0.4, -0.2) is 0 Å². The molecule has 1 aliphatic rings. The summed E-state index contributed by atoms with van der Waals surface area (Å²) in [6.45, 7) is 4.64. The number of furan rings is 1. The van der Waals surface area contributed by atoms with Gasteiger partial charge in [0.25, 0.3) is 0 Å². The Bertz CT molecular complexity index is 2310. The molecule has 1 aromatic heterocycles. The molecule has 38 heavy (non-hydrogen) atoms. The zero-order valence-corrected chi connectivity index (χ0v) is 21.3. The Labute approximate surface area is 219 Å². The van der Waals surface area contributed by atoms with Gasteiger partial charge in [0, 0.05) is 16.2 Å². The molecule has 1 heteroatoms. The van der Waals surface area contributed by atoms with E-state index in [9.17, 15) is 0 Å². The van der Waals surface area contributed by atoms with Gasteiger partial charge in [0.2, 0.25) is 0 Å². The van der Waals surface area contributed by atoms with Crippen molar-refractivity contribution < 1.29 is 4.42 Å². The SMILES string of the molecule is CC1(C)c2ccccc2-c2cc3c(cc21)oc1cc2c4cc5ccccc5cc4c4ccccc4c2cc13. The Hall–Kier alpha value is -4.62. The van der Waals surface area contributed by atoms with Gasteiger partial charge in [-0.25, -0.2) is 0 Å². The maximum Gasteiger partial charge on any atom is 0.136 e. The molecular formula is C37H24O. The molecule has 0 saturated heterocycles. The third-order valence-corrected chi connectivity index (χ3v) is 9.00. The fourth-order valence-electron chi connectivity index (χ4n) is 7.10. The van der Waals surface area contributed by atoms with Crippen LogP contribution in [0.3, 0.4) is 0 Å². The van der Waals surface area contributed by atoms with E-state index in [1.165, 1.54) is 76.1 Å². The third kappa shape index (κ3) is 2.47. The number of hydrogen-bond donors (Lipinski definition) is 0. The highest BCUT2D eigenvalue weighted by molar-refractivity contribution is 6.29. The highest BCUT2D eigenvalue weighted by Gasteiger charge is 2.36. The molecule has 9 rings (SSSR count). The fraction of sp³-hybridized carbons (Fsp3) is 0.0811. The van der Waals surface area contributed by atoms with E-state index >= 15 is 0 Å². The molecule has 8 aromatic rings. The highest BCUT2D eigenvalue weighted by Crippen LogP contribution is 2.51. The van der Waals surface area contributed by atoms with Crippen LogP contribution in [0.4, 0.5) is 0 Å². The van der Waals surface area contributed by atoms with Crippen molar-refractivity contribution in [2.45, 2.75) is 19.3 Å². The van der Waals surface area contributed by atoms with E-state index in [0.717, 1.165) is 11.2 Å². The molecular weight excluding hydrogens is 460 g/mol. The summed E-state index contributed by atoms with van der Waals surface area (Å²) >= 11 is 0. The number of hydrogen-bond acceptors (Lipinski definition) is 1. The van der Waals surface area contributed by atoms with Gasteiger partial charge in [-0.15, -0.1) is 0 Å². The molecule has 0 atom stereocenters. The number of benzene rings is 7. The van der Waals surface area contributed by atoms with Crippen LogP contribution in [0.5, 0.6) is 0 Å². The molecule has 0 fully saturated rings. The van der Waals surface area contributed by atoms with Crippen molar-refractivity contribution in [1.29, 1.82) is 0 Å². The van der Waals surface area contributed by atoms with Crippen LogP contribution in [0.2, 0.25) is 0 Å². The van der Waals surface area contributed by atoms with Crippen molar-refractivity contribution in [2.75, 3.05) is 0 Å². The van der Waals surface area contributed by atoms with Gasteiger partial charge in [0.05, 0.1) is 0 Å². The smallest absolute Gasteiger partial charge is 0.136 e. The molecule has 7 aromatic carbocycles. The second kappa shape index (κ2) is 6.82. The quantitative estimate of drug-likeness (QED) is 0.154. The van der Waals surface area contributed by atoms with Gasteiger partial charge in [-0.2, -0.15) is 0 Å². The third-order valence-electron chi connectivity index (χ3n) is 9.00. The van der Waals surface area contributed by atoms with E-state index in [2.05, 4.69) is 123 Å². The molecule has 1 heterocycles. The summed E-state index contributed by atoms with van der Waals surface area (Å²) in [5, 5.41) is 12.6. The van der Waals surface area contributed by atoms with Crippen molar-refractivity contribution in [2.24, 2.45) is 0 Å². The topological polar surface area (TPSA) is 13.1 Å². The molecule has 0 N–H and O–H groups in total. The molecule has 0 radical (unpaired) electrons. The van der Waals surface area contributed by atoms with Crippen LogP contribution in [0, 0.1) is 0 Å². The Morgan fingerprint density at radius 3 is 1.74 bits per heavy atom. The molecule has 1 nitrogen and oxygen atoms in total. The van der Waals surface area contributed by atoms with E-state index in [1.54, 1.807) is 0 Å². The number of fused-ring (bicyclic) bond motifs is 13. The normalized spacial score (nSPS) is 14.3. The lowest BCUT2D eigenvalue weighted by atomic mass is 9.82. The fourth-order valence-corrected chi connectivity index (χ4v) is 7.10. The van der Waals surface area contributed by atoms with Crippen LogP contribution in [0.1, 0.15) is 25.0 Å². The second-order valence-electron chi connectivity index (χ2n) is 11.4. The minimum Gasteiger partial charge on any atom is -0.456 e. The summed E-state index contributed by atoms with van der Waals surface area (Å²) in [5.74, 6) is 0. The Morgan fingerprint density at radius 2 is 0.974 bits per heavy atom. The first-order valence-electron chi connectivity index (χ1n) is 13.4. The average molecular weight is 485 g/mol. The predicted molar refractivity (Wildman–Crippen MR) is 161 cm³/mol. The summed E-state index contributed by atoms with van der Waals surface area (Å²) in [7, 11) is 0. The minimum absolute atomic E-state index is 0.0444. The summed E-state index contributed by atoms with van der Waals surface area (Å²) in [5.41, 5.74) is 7.28. The van der Waals surface area contributed by atoms with Gasteiger partial charge < -0.3 is 4.42 Å². The summed E-state index contributed by atoms with van der Waals surface area (Å²) in [4.78, 5) is 0. The van der Waals surface area contributed by atoms with Crippen molar-refractivity contribution in [3.05, 3.63) is 120 Å². The number of rotatable bonds is 0. The highest BCUT2D eigenvalue weighted by atomic mass is 16.3. The van der Waals surface area contributed by atoms with Crippen LogP contribution in [0.25, 0.3) is 76.2 Å². The van der Waals surface area contributed by atoms with Gasteiger partial charge in [-0.05, 0) is 102 Å². The molecule has 0 unspecified atom stereocenters. The van der Waals surface area contributed by atoms with Crippen LogP contribution in [-0.2, 0) is 5.41 Å². The largest absolute Gasteiger partial charge is 0.456 e. The lowest BCUT2D eigenvalue weighted by Gasteiger charge is -2.21. The summed E-state index contributed by atoms with van der Waals surface area (Å²) in [6, 6.07) is 40.3. The lowest BCUT2D eigenvalue weighted by molar-refractivity contribution is 0.647. The average Bonchev–Trinajstić information content (AvgIpc) is 3.41. The zero-order chi connectivity index (χ0) is 25.2. The maximum atomic E-state index is 6.63.